The summed E-state index contributed by atoms with van der Waals surface area (Å²) in [6, 6.07) is 7.43. The van der Waals surface area contributed by atoms with Gasteiger partial charge in [-0.2, -0.15) is 0 Å². The molecular weight excluding hydrogens is 252 g/mol. The maximum atomic E-state index is 11.9. The molecule has 2 N–H and O–H groups in total. The molecule has 0 fully saturated rings. The third-order valence-corrected chi connectivity index (χ3v) is 2.87. The monoisotopic (exact) mass is 274 g/mol. The van der Waals surface area contributed by atoms with Crippen LogP contribution in [-0.2, 0) is 10.2 Å². The van der Waals surface area contributed by atoms with Gasteiger partial charge in [-0.3, -0.25) is 9.59 Å². The van der Waals surface area contributed by atoms with Crippen molar-refractivity contribution >= 4 is 11.8 Å². The molecule has 0 spiro atoms. The minimum Gasteiger partial charge on any atom is -0.351 e. The van der Waals surface area contributed by atoms with E-state index in [1.54, 1.807) is 18.2 Å². The number of amides is 2. The molecule has 1 aromatic rings. The van der Waals surface area contributed by atoms with Crippen molar-refractivity contribution < 1.29 is 9.59 Å². The van der Waals surface area contributed by atoms with Gasteiger partial charge in [-0.05, 0) is 23.1 Å². The quantitative estimate of drug-likeness (QED) is 0.807. The highest BCUT2D eigenvalue weighted by atomic mass is 16.2. The van der Waals surface area contributed by atoms with Gasteiger partial charge in [-0.1, -0.05) is 39.0 Å². The van der Waals surface area contributed by atoms with Crippen molar-refractivity contribution in [3.8, 4) is 0 Å². The molecule has 0 aromatic heterocycles. The van der Waals surface area contributed by atoms with E-state index in [1.165, 1.54) is 0 Å². The highest BCUT2D eigenvalue weighted by Crippen LogP contribution is 2.22. The van der Waals surface area contributed by atoms with Crippen molar-refractivity contribution in [3.05, 3.63) is 48.0 Å². The second kappa shape index (κ2) is 6.89. The fourth-order valence-corrected chi connectivity index (χ4v) is 1.63. The molecule has 4 nitrogen and oxygen atoms in total. The summed E-state index contributed by atoms with van der Waals surface area (Å²) in [6.45, 7) is 10.2. The van der Waals surface area contributed by atoms with Crippen molar-refractivity contribution in [1.82, 2.24) is 10.6 Å². The van der Waals surface area contributed by atoms with Crippen LogP contribution in [0.25, 0.3) is 0 Å². The van der Waals surface area contributed by atoms with Crippen molar-refractivity contribution in [2.45, 2.75) is 26.2 Å². The van der Waals surface area contributed by atoms with E-state index in [4.69, 9.17) is 0 Å². The SMILES string of the molecule is C=CCNC(=O)CNC(=O)c1ccc(C(C)(C)C)cc1. The zero-order valence-electron chi connectivity index (χ0n) is 12.3. The number of carbonyl (C=O) groups excluding carboxylic acids is 2. The minimum atomic E-state index is -0.251. The molecule has 0 saturated carbocycles. The molecule has 0 aliphatic heterocycles. The van der Waals surface area contributed by atoms with Crippen molar-refractivity contribution in [2.24, 2.45) is 0 Å². The predicted octanol–water partition coefficient (Wildman–Crippen LogP) is 2.02. The number of rotatable bonds is 5. The first kappa shape index (κ1) is 16.0. The van der Waals surface area contributed by atoms with Crippen LogP contribution in [0.5, 0.6) is 0 Å². The van der Waals surface area contributed by atoms with Crippen LogP contribution < -0.4 is 10.6 Å². The first-order valence-electron chi connectivity index (χ1n) is 6.61. The number of hydrogen-bond donors (Lipinski definition) is 2. The molecule has 0 aliphatic rings. The van der Waals surface area contributed by atoms with Crippen LogP contribution in [-0.4, -0.2) is 24.9 Å². The number of benzene rings is 1. The Labute approximate surface area is 120 Å². The van der Waals surface area contributed by atoms with Gasteiger partial charge in [0.15, 0.2) is 0 Å². The average molecular weight is 274 g/mol. The summed E-state index contributed by atoms with van der Waals surface area (Å²) in [6.07, 6.45) is 1.59. The molecule has 1 rings (SSSR count). The van der Waals surface area contributed by atoms with Crippen molar-refractivity contribution in [3.63, 3.8) is 0 Å². The van der Waals surface area contributed by atoms with E-state index >= 15 is 0 Å². The molecule has 4 heteroatoms. The Balaban J connectivity index is 2.56. The predicted molar refractivity (Wildman–Crippen MR) is 80.7 cm³/mol. The summed E-state index contributed by atoms with van der Waals surface area (Å²) in [4.78, 5) is 23.2. The second-order valence-corrected chi connectivity index (χ2v) is 5.60. The average Bonchev–Trinajstić information content (AvgIpc) is 2.41. The lowest BCUT2D eigenvalue weighted by atomic mass is 9.87. The van der Waals surface area contributed by atoms with Gasteiger partial charge in [-0.15, -0.1) is 6.58 Å². The lowest BCUT2D eigenvalue weighted by Crippen LogP contribution is -2.36. The van der Waals surface area contributed by atoms with Crippen LogP contribution in [0, 0.1) is 0 Å². The van der Waals surface area contributed by atoms with E-state index in [0.717, 1.165) is 5.56 Å². The van der Waals surface area contributed by atoms with Gasteiger partial charge in [0.2, 0.25) is 5.91 Å². The van der Waals surface area contributed by atoms with E-state index in [9.17, 15) is 9.59 Å². The topological polar surface area (TPSA) is 58.2 Å². The first-order valence-corrected chi connectivity index (χ1v) is 6.61. The van der Waals surface area contributed by atoms with Gasteiger partial charge < -0.3 is 10.6 Å². The summed E-state index contributed by atoms with van der Waals surface area (Å²) in [5, 5.41) is 5.18. The summed E-state index contributed by atoms with van der Waals surface area (Å²) >= 11 is 0. The van der Waals surface area contributed by atoms with E-state index in [1.807, 2.05) is 12.1 Å². The third-order valence-electron chi connectivity index (χ3n) is 2.87. The third kappa shape index (κ3) is 4.88. The molecule has 0 unspecified atom stereocenters. The van der Waals surface area contributed by atoms with E-state index < -0.39 is 0 Å². The Hall–Kier alpha value is -2.10. The minimum absolute atomic E-state index is 0.0340. The maximum Gasteiger partial charge on any atom is 0.251 e. The molecule has 0 heterocycles. The highest BCUT2D eigenvalue weighted by molar-refractivity contribution is 5.96. The zero-order valence-corrected chi connectivity index (χ0v) is 12.3. The molecule has 20 heavy (non-hydrogen) atoms. The normalized spacial score (nSPS) is 10.8. The molecule has 0 saturated heterocycles. The summed E-state index contributed by atoms with van der Waals surface area (Å²) < 4.78 is 0. The smallest absolute Gasteiger partial charge is 0.251 e. The van der Waals surface area contributed by atoms with Gasteiger partial charge in [0.05, 0.1) is 6.54 Å². The van der Waals surface area contributed by atoms with Crippen LogP contribution in [0.1, 0.15) is 36.7 Å². The lowest BCUT2D eigenvalue weighted by Gasteiger charge is -2.19. The van der Waals surface area contributed by atoms with Gasteiger partial charge in [0, 0.05) is 12.1 Å². The van der Waals surface area contributed by atoms with Crippen molar-refractivity contribution in [1.29, 1.82) is 0 Å². The number of hydrogen-bond acceptors (Lipinski definition) is 2. The Bertz CT molecular complexity index is 484. The lowest BCUT2D eigenvalue weighted by molar-refractivity contribution is -0.119. The maximum absolute atomic E-state index is 11.9. The van der Waals surface area contributed by atoms with Gasteiger partial charge in [-0.25, -0.2) is 0 Å². The van der Waals surface area contributed by atoms with E-state index in [0.29, 0.717) is 12.1 Å². The molecule has 1 aromatic carbocycles. The highest BCUT2D eigenvalue weighted by Gasteiger charge is 2.14. The van der Waals surface area contributed by atoms with Crippen LogP contribution in [0.15, 0.2) is 36.9 Å². The van der Waals surface area contributed by atoms with Gasteiger partial charge in [0.25, 0.3) is 5.91 Å². The van der Waals surface area contributed by atoms with Gasteiger partial charge in [0.1, 0.15) is 0 Å². The first-order chi connectivity index (χ1) is 9.34. The molecule has 2 amide bonds. The van der Waals surface area contributed by atoms with E-state index in [2.05, 4.69) is 38.0 Å². The van der Waals surface area contributed by atoms with Crippen LogP contribution in [0.2, 0.25) is 0 Å². The largest absolute Gasteiger partial charge is 0.351 e. The van der Waals surface area contributed by atoms with Crippen LogP contribution in [0.3, 0.4) is 0 Å². The summed E-state index contributed by atoms with van der Waals surface area (Å²) in [7, 11) is 0. The Morgan fingerprint density at radius 3 is 2.25 bits per heavy atom. The summed E-state index contributed by atoms with van der Waals surface area (Å²) in [5.74, 6) is -0.483. The molecule has 0 atom stereocenters. The Morgan fingerprint density at radius 1 is 1.15 bits per heavy atom. The molecule has 0 aliphatic carbocycles. The zero-order chi connectivity index (χ0) is 15.2. The Kier molecular flexibility index (Phi) is 5.50. The summed E-state index contributed by atoms with van der Waals surface area (Å²) in [5.41, 5.74) is 1.77. The van der Waals surface area contributed by atoms with Crippen molar-refractivity contribution in [2.75, 3.05) is 13.1 Å². The van der Waals surface area contributed by atoms with Crippen LogP contribution in [0.4, 0.5) is 0 Å². The molecule has 0 bridgehead atoms. The second-order valence-electron chi connectivity index (χ2n) is 5.60. The Morgan fingerprint density at radius 2 is 1.75 bits per heavy atom. The number of carbonyl (C=O) groups is 2. The van der Waals surface area contributed by atoms with E-state index in [-0.39, 0.29) is 23.8 Å². The standard InChI is InChI=1S/C16H22N2O2/c1-5-10-17-14(19)11-18-15(20)12-6-8-13(9-7-12)16(2,3)4/h5-9H,1,10-11H2,2-4H3,(H,17,19)(H,18,20). The van der Waals surface area contributed by atoms with Crippen LogP contribution >= 0.6 is 0 Å². The fourth-order valence-electron chi connectivity index (χ4n) is 1.63. The number of nitrogens with one attached hydrogen (secondary N) is 2. The molecule has 108 valence electrons. The molecule has 0 radical (unpaired) electrons. The molecular formula is C16H22N2O2. The fraction of sp³-hybridized carbons (Fsp3) is 0.375. The van der Waals surface area contributed by atoms with Gasteiger partial charge >= 0.3 is 0 Å².